The molecular weight excluding hydrogens is 260 g/mol. The highest BCUT2D eigenvalue weighted by atomic mass is 16.2. The zero-order chi connectivity index (χ0) is 15.2. The Labute approximate surface area is 128 Å². The molecule has 0 saturated carbocycles. The van der Waals surface area contributed by atoms with Crippen LogP contribution in [0.1, 0.15) is 37.8 Å². The fourth-order valence-electron chi connectivity index (χ4n) is 3.13. The Kier molecular flexibility index (Phi) is 5.80. The van der Waals surface area contributed by atoms with Crippen molar-refractivity contribution in [1.82, 2.24) is 9.80 Å². The van der Waals surface area contributed by atoms with Crippen LogP contribution in [0.2, 0.25) is 0 Å². The standard InChI is InChI=1S/C18H28N2O/c1-4-17(5-2)19-10-12-20(13-11-19)18(21)14-16-8-6-15(3)7-9-16/h6-9,17H,4-5,10-14H2,1-3H3. The molecule has 2 rings (SSSR count). The van der Waals surface area contributed by atoms with E-state index in [2.05, 4.69) is 49.9 Å². The predicted molar refractivity (Wildman–Crippen MR) is 87.4 cm³/mol. The zero-order valence-corrected chi connectivity index (χ0v) is 13.6. The van der Waals surface area contributed by atoms with E-state index in [0.29, 0.717) is 12.5 Å². The van der Waals surface area contributed by atoms with Crippen LogP contribution in [-0.4, -0.2) is 47.9 Å². The van der Waals surface area contributed by atoms with Crippen LogP contribution in [0.25, 0.3) is 0 Å². The predicted octanol–water partition coefficient (Wildman–Crippen LogP) is 2.87. The van der Waals surface area contributed by atoms with Crippen LogP contribution in [0.4, 0.5) is 0 Å². The molecule has 0 radical (unpaired) electrons. The topological polar surface area (TPSA) is 23.6 Å². The van der Waals surface area contributed by atoms with Crippen molar-refractivity contribution in [3.63, 3.8) is 0 Å². The maximum absolute atomic E-state index is 12.4. The molecule has 3 heteroatoms. The minimum atomic E-state index is 0.267. The average Bonchev–Trinajstić information content (AvgIpc) is 2.51. The smallest absolute Gasteiger partial charge is 0.227 e. The number of hydrogen-bond donors (Lipinski definition) is 0. The number of rotatable bonds is 5. The Morgan fingerprint density at radius 1 is 1.05 bits per heavy atom. The van der Waals surface area contributed by atoms with Gasteiger partial charge in [-0.25, -0.2) is 0 Å². The summed E-state index contributed by atoms with van der Waals surface area (Å²) in [5.74, 6) is 0.267. The first kappa shape index (κ1) is 16.0. The molecule has 0 atom stereocenters. The van der Waals surface area contributed by atoms with Crippen molar-refractivity contribution in [3.8, 4) is 0 Å². The summed E-state index contributed by atoms with van der Waals surface area (Å²) in [5.41, 5.74) is 2.36. The molecule has 1 aromatic carbocycles. The van der Waals surface area contributed by atoms with Gasteiger partial charge in [-0.1, -0.05) is 43.7 Å². The normalized spacial score (nSPS) is 16.5. The second kappa shape index (κ2) is 7.60. The second-order valence-electron chi connectivity index (χ2n) is 6.05. The molecule has 1 aliphatic heterocycles. The van der Waals surface area contributed by atoms with E-state index in [0.717, 1.165) is 31.7 Å². The van der Waals surface area contributed by atoms with Gasteiger partial charge in [-0.05, 0) is 25.3 Å². The van der Waals surface area contributed by atoms with Gasteiger partial charge in [0, 0.05) is 32.2 Å². The second-order valence-corrected chi connectivity index (χ2v) is 6.05. The van der Waals surface area contributed by atoms with Gasteiger partial charge >= 0.3 is 0 Å². The van der Waals surface area contributed by atoms with E-state index < -0.39 is 0 Å². The number of nitrogens with zero attached hydrogens (tertiary/aromatic N) is 2. The molecule has 1 fully saturated rings. The highest BCUT2D eigenvalue weighted by molar-refractivity contribution is 5.78. The molecule has 21 heavy (non-hydrogen) atoms. The minimum absolute atomic E-state index is 0.267. The van der Waals surface area contributed by atoms with Crippen LogP contribution >= 0.6 is 0 Å². The van der Waals surface area contributed by atoms with Crippen LogP contribution in [-0.2, 0) is 11.2 Å². The molecule has 1 aliphatic rings. The molecule has 1 amide bonds. The Morgan fingerprint density at radius 2 is 1.62 bits per heavy atom. The number of piperazine rings is 1. The number of carbonyl (C=O) groups is 1. The van der Waals surface area contributed by atoms with Gasteiger partial charge in [0.25, 0.3) is 0 Å². The van der Waals surface area contributed by atoms with E-state index in [1.807, 2.05) is 4.90 Å². The molecule has 0 bridgehead atoms. The summed E-state index contributed by atoms with van der Waals surface area (Å²) in [7, 11) is 0. The van der Waals surface area contributed by atoms with E-state index in [-0.39, 0.29) is 5.91 Å². The monoisotopic (exact) mass is 288 g/mol. The number of aryl methyl sites for hydroxylation is 1. The van der Waals surface area contributed by atoms with Crippen molar-refractivity contribution in [2.75, 3.05) is 26.2 Å². The van der Waals surface area contributed by atoms with Crippen molar-refractivity contribution in [3.05, 3.63) is 35.4 Å². The van der Waals surface area contributed by atoms with Crippen molar-refractivity contribution in [2.24, 2.45) is 0 Å². The van der Waals surface area contributed by atoms with Crippen molar-refractivity contribution < 1.29 is 4.79 Å². The first-order chi connectivity index (χ1) is 10.1. The van der Waals surface area contributed by atoms with E-state index in [1.165, 1.54) is 18.4 Å². The maximum atomic E-state index is 12.4. The fourth-order valence-corrected chi connectivity index (χ4v) is 3.13. The van der Waals surface area contributed by atoms with Crippen LogP contribution in [0.3, 0.4) is 0 Å². The molecule has 1 saturated heterocycles. The lowest BCUT2D eigenvalue weighted by Gasteiger charge is -2.39. The third kappa shape index (κ3) is 4.31. The van der Waals surface area contributed by atoms with E-state index >= 15 is 0 Å². The largest absolute Gasteiger partial charge is 0.340 e. The van der Waals surface area contributed by atoms with Gasteiger partial charge in [0.15, 0.2) is 0 Å². The van der Waals surface area contributed by atoms with Gasteiger partial charge < -0.3 is 4.90 Å². The summed E-state index contributed by atoms with van der Waals surface area (Å²) < 4.78 is 0. The highest BCUT2D eigenvalue weighted by Crippen LogP contribution is 2.13. The Hall–Kier alpha value is -1.35. The summed E-state index contributed by atoms with van der Waals surface area (Å²) in [6, 6.07) is 8.96. The molecule has 0 N–H and O–H groups in total. The summed E-state index contributed by atoms with van der Waals surface area (Å²) >= 11 is 0. The molecular formula is C18H28N2O. The van der Waals surface area contributed by atoms with Crippen LogP contribution in [0.15, 0.2) is 24.3 Å². The van der Waals surface area contributed by atoms with Gasteiger partial charge in [0.1, 0.15) is 0 Å². The summed E-state index contributed by atoms with van der Waals surface area (Å²) in [6.07, 6.45) is 2.94. The average molecular weight is 288 g/mol. The van der Waals surface area contributed by atoms with E-state index in [1.54, 1.807) is 0 Å². The first-order valence-corrected chi connectivity index (χ1v) is 8.21. The third-order valence-electron chi connectivity index (χ3n) is 4.60. The molecule has 0 aromatic heterocycles. The molecule has 1 aromatic rings. The molecule has 116 valence electrons. The molecule has 0 aliphatic carbocycles. The van der Waals surface area contributed by atoms with Crippen molar-refractivity contribution in [2.45, 2.75) is 46.1 Å². The quantitative estimate of drug-likeness (QED) is 0.832. The lowest BCUT2D eigenvalue weighted by atomic mass is 10.1. The molecule has 3 nitrogen and oxygen atoms in total. The SMILES string of the molecule is CCC(CC)N1CCN(C(=O)Cc2ccc(C)cc2)CC1. The number of amides is 1. The van der Waals surface area contributed by atoms with E-state index in [4.69, 9.17) is 0 Å². The third-order valence-corrected chi connectivity index (χ3v) is 4.60. The maximum Gasteiger partial charge on any atom is 0.227 e. The minimum Gasteiger partial charge on any atom is -0.340 e. The van der Waals surface area contributed by atoms with Crippen LogP contribution in [0, 0.1) is 6.92 Å². The summed E-state index contributed by atoms with van der Waals surface area (Å²) in [5, 5.41) is 0. The van der Waals surface area contributed by atoms with Crippen LogP contribution < -0.4 is 0 Å². The number of carbonyl (C=O) groups excluding carboxylic acids is 1. The lowest BCUT2D eigenvalue weighted by Crippen LogP contribution is -2.52. The summed E-state index contributed by atoms with van der Waals surface area (Å²) in [4.78, 5) is 16.9. The van der Waals surface area contributed by atoms with Crippen molar-refractivity contribution >= 4 is 5.91 Å². The van der Waals surface area contributed by atoms with Gasteiger partial charge in [0.05, 0.1) is 6.42 Å². The van der Waals surface area contributed by atoms with Crippen molar-refractivity contribution in [1.29, 1.82) is 0 Å². The molecule has 0 unspecified atom stereocenters. The zero-order valence-electron chi connectivity index (χ0n) is 13.6. The first-order valence-electron chi connectivity index (χ1n) is 8.21. The van der Waals surface area contributed by atoms with Gasteiger partial charge in [-0.15, -0.1) is 0 Å². The lowest BCUT2D eigenvalue weighted by molar-refractivity contribution is -0.132. The Bertz CT molecular complexity index is 443. The van der Waals surface area contributed by atoms with Gasteiger partial charge in [0.2, 0.25) is 5.91 Å². The highest BCUT2D eigenvalue weighted by Gasteiger charge is 2.24. The van der Waals surface area contributed by atoms with Gasteiger partial charge in [-0.2, -0.15) is 0 Å². The Morgan fingerprint density at radius 3 is 2.14 bits per heavy atom. The van der Waals surface area contributed by atoms with Gasteiger partial charge in [-0.3, -0.25) is 9.69 Å². The van der Waals surface area contributed by atoms with Crippen LogP contribution in [0.5, 0.6) is 0 Å². The Balaban J connectivity index is 1.84. The molecule has 1 heterocycles. The number of hydrogen-bond acceptors (Lipinski definition) is 2. The fraction of sp³-hybridized carbons (Fsp3) is 0.611. The van der Waals surface area contributed by atoms with E-state index in [9.17, 15) is 4.79 Å². The molecule has 0 spiro atoms. The summed E-state index contributed by atoms with van der Waals surface area (Å²) in [6.45, 7) is 10.4. The number of benzene rings is 1.